The van der Waals surface area contributed by atoms with Gasteiger partial charge >= 0.3 is 15.9 Å². The summed E-state index contributed by atoms with van der Waals surface area (Å²) in [7, 11) is 0. The van der Waals surface area contributed by atoms with Gasteiger partial charge in [-0.2, -0.15) is 0 Å². The van der Waals surface area contributed by atoms with Crippen molar-refractivity contribution in [1.29, 1.82) is 0 Å². The molecular weight excluding hydrogens is 143 g/mol. The molecule has 0 amide bonds. The van der Waals surface area contributed by atoms with Gasteiger partial charge < -0.3 is 7.58 Å². The summed E-state index contributed by atoms with van der Waals surface area (Å²) >= 11 is -0.216. The number of hydrogen-bond donors (Lipinski definition) is 0. The minimum atomic E-state index is -0.216. The zero-order valence-electron chi connectivity index (χ0n) is 7.09. The van der Waals surface area contributed by atoms with Crippen molar-refractivity contribution in [3.63, 3.8) is 0 Å². The lowest BCUT2D eigenvalue weighted by Gasteiger charge is -2.09. The third-order valence-electron chi connectivity index (χ3n) is 1.25. The van der Waals surface area contributed by atoms with E-state index in [-0.39, 0.29) is 15.9 Å². The van der Waals surface area contributed by atoms with Gasteiger partial charge in [-0.05, 0) is 19.8 Å². The Hall–Kier alpha value is 0.452. The molecule has 0 bridgehead atoms. The molecule has 1 atom stereocenters. The molecule has 0 aliphatic rings. The highest BCUT2D eigenvalue weighted by Crippen LogP contribution is 1.93. The van der Waals surface area contributed by atoms with Crippen LogP contribution in [-0.4, -0.2) is 28.6 Å². The molecule has 0 aliphatic carbocycles. The fourth-order valence-electron chi connectivity index (χ4n) is 0.396. The van der Waals surface area contributed by atoms with Crippen molar-refractivity contribution >= 4 is 15.9 Å². The molecule has 0 saturated heterocycles. The van der Waals surface area contributed by atoms with Gasteiger partial charge in [0.2, 0.25) is 0 Å². The van der Waals surface area contributed by atoms with E-state index >= 15 is 0 Å². The zero-order valence-corrected chi connectivity index (χ0v) is 8.25. The normalized spacial score (nSPS) is 13.1. The Labute approximate surface area is 70.3 Å². The maximum atomic E-state index is 5.35. The van der Waals surface area contributed by atoms with Crippen LogP contribution in [0.5, 0.6) is 0 Å². The van der Waals surface area contributed by atoms with E-state index in [2.05, 4.69) is 20.8 Å². The van der Waals surface area contributed by atoms with E-state index in [1.807, 2.05) is 0 Å². The van der Waals surface area contributed by atoms with Gasteiger partial charge in [-0.3, -0.25) is 0 Å². The summed E-state index contributed by atoms with van der Waals surface area (Å²) in [6, 6.07) is 0. The van der Waals surface area contributed by atoms with E-state index in [4.69, 9.17) is 7.58 Å². The molecule has 0 rings (SSSR count). The highest BCUT2D eigenvalue weighted by molar-refractivity contribution is 6.18. The van der Waals surface area contributed by atoms with Crippen LogP contribution in [0.25, 0.3) is 0 Å². The zero-order chi connectivity index (χ0) is 7.82. The SMILES string of the molecule is CCC[O][Al][O]C(C)CC. The summed E-state index contributed by atoms with van der Waals surface area (Å²) in [5.74, 6) is 0. The number of hydrogen-bond acceptors (Lipinski definition) is 2. The third kappa shape index (κ3) is 6.57. The fraction of sp³-hybridized carbons (Fsp3) is 1.00. The van der Waals surface area contributed by atoms with Crippen LogP contribution in [-0.2, 0) is 7.58 Å². The summed E-state index contributed by atoms with van der Waals surface area (Å²) < 4.78 is 10.6. The van der Waals surface area contributed by atoms with Crippen molar-refractivity contribution in [3.05, 3.63) is 0 Å². The van der Waals surface area contributed by atoms with Gasteiger partial charge in [0.15, 0.2) is 0 Å². The van der Waals surface area contributed by atoms with E-state index in [0.717, 1.165) is 19.4 Å². The van der Waals surface area contributed by atoms with Crippen LogP contribution in [0.15, 0.2) is 0 Å². The van der Waals surface area contributed by atoms with Crippen molar-refractivity contribution in [2.45, 2.75) is 39.7 Å². The molecule has 59 valence electrons. The minimum absolute atomic E-state index is 0.216. The lowest BCUT2D eigenvalue weighted by atomic mass is 10.3. The van der Waals surface area contributed by atoms with Gasteiger partial charge in [0, 0.05) is 12.7 Å². The lowest BCUT2D eigenvalue weighted by Crippen LogP contribution is -2.13. The van der Waals surface area contributed by atoms with E-state index in [1.54, 1.807) is 0 Å². The molecule has 0 aromatic heterocycles. The van der Waals surface area contributed by atoms with E-state index in [0.29, 0.717) is 6.10 Å². The van der Waals surface area contributed by atoms with Crippen LogP contribution in [0.3, 0.4) is 0 Å². The Bertz CT molecular complexity index is 68.6. The highest BCUT2D eigenvalue weighted by Gasteiger charge is 2.01. The van der Waals surface area contributed by atoms with E-state index in [9.17, 15) is 0 Å². The summed E-state index contributed by atoms with van der Waals surface area (Å²) in [4.78, 5) is 0. The molecule has 0 N–H and O–H groups in total. The molecule has 0 aromatic rings. The quantitative estimate of drug-likeness (QED) is 0.434. The Kier molecular flexibility index (Phi) is 7.90. The second-order valence-corrected chi connectivity index (χ2v) is 3.12. The maximum absolute atomic E-state index is 5.35. The first-order chi connectivity index (χ1) is 4.81. The molecule has 2 nitrogen and oxygen atoms in total. The van der Waals surface area contributed by atoms with Gasteiger partial charge in [-0.25, -0.2) is 0 Å². The van der Waals surface area contributed by atoms with Gasteiger partial charge in [0.1, 0.15) is 0 Å². The predicted molar refractivity (Wildman–Crippen MR) is 42.8 cm³/mol. The molecule has 0 fully saturated rings. The van der Waals surface area contributed by atoms with Crippen molar-refractivity contribution < 1.29 is 7.58 Å². The molecule has 0 aliphatic heterocycles. The maximum Gasteiger partial charge on any atom is 0.668 e. The molecule has 0 saturated carbocycles. The second kappa shape index (κ2) is 7.56. The standard InChI is InChI=1S/C4H9O.C3H7O.Al/c1-3-4(2)5;1-2-3-4;/h4H,3H2,1-2H3;2-3H2,1H3;/q2*-1;+2. The van der Waals surface area contributed by atoms with Crippen molar-refractivity contribution in [3.8, 4) is 0 Å². The van der Waals surface area contributed by atoms with Crippen LogP contribution in [0.1, 0.15) is 33.6 Å². The number of rotatable bonds is 6. The molecule has 1 unspecified atom stereocenters. The predicted octanol–water partition coefficient (Wildman–Crippen LogP) is 1.76. The third-order valence-corrected chi connectivity index (χ3v) is 2.20. The first-order valence-corrected chi connectivity index (χ1v) is 4.84. The van der Waals surface area contributed by atoms with E-state index < -0.39 is 0 Å². The summed E-state index contributed by atoms with van der Waals surface area (Å²) in [5.41, 5.74) is 0. The lowest BCUT2D eigenvalue weighted by molar-refractivity contribution is 0.165. The van der Waals surface area contributed by atoms with Crippen LogP contribution >= 0.6 is 0 Å². The minimum Gasteiger partial charge on any atom is -0.484 e. The summed E-state index contributed by atoms with van der Waals surface area (Å²) in [6.45, 7) is 7.13. The summed E-state index contributed by atoms with van der Waals surface area (Å²) in [5, 5.41) is 0. The molecule has 0 heterocycles. The Balaban J connectivity index is 2.89. The largest absolute Gasteiger partial charge is 0.668 e. The van der Waals surface area contributed by atoms with Crippen molar-refractivity contribution in [2.75, 3.05) is 6.61 Å². The summed E-state index contributed by atoms with van der Waals surface area (Å²) in [6.07, 6.45) is 2.52. The van der Waals surface area contributed by atoms with Gasteiger partial charge in [0.05, 0.1) is 0 Å². The topological polar surface area (TPSA) is 18.5 Å². The fourth-order valence-corrected chi connectivity index (χ4v) is 1.19. The van der Waals surface area contributed by atoms with Gasteiger partial charge in [-0.1, -0.05) is 13.8 Å². The first kappa shape index (κ1) is 10.5. The van der Waals surface area contributed by atoms with Gasteiger partial charge in [0.25, 0.3) is 0 Å². The Morgan fingerprint density at radius 3 is 2.60 bits per heavy atom. The molecule has 3 heteroatoms. The van der Waals surface area contributed by atoms with Crippen molar-refractivity contribution in [2.24, 2.45) is 0 Å². The second-order valence-electron chi connectivity index (χ2n) is 2.32. The van der Waals surface area contributed by atoms with Crippen LogP contribution in [0.2, 0.25) is 0 Å². The van der Waals surface area contributed by atoms with Gasteiger partial charge in [-0.15, -0.1) is 0 Å². The first-order valence-electron chi connectivity index (χ1n) is 3.90. The van der Waals surface area contributed by atoms with Crippen LogP contribution < -0.4 is 0 Å². The molecular formula is C7H16AlO2. The Morgan fingerprint density at radius 1 is 1.40 bits per heavy atom. The van der Waals surface area contributed by atoms with Crippen LogP contribution in [0, 0.1) is 0 Å². The molecule has 1 radical (unpaired) electrons. The Morgan fingerprint density at radius 2 is 2.10 bits per heavy atom. The molecule has 0 spiro atoms. The smallest absolute Gasteiger partial charge is 0.484 e. The average molecular weight is 159 g/mol. The average Bonchev–Trinajstić information content (AvgIpc) is 1.98. The van der Waals surface area contributed by atoms with Crippen molar-refractivity contribution in [1.82, 2.24) is 0 Å². The van der Waals surface area contributed by atoms with E-state index in [1.165, 1.54) is 0 Å². The van der Waals surface area contributed by atoms with Crippen LogP contribution in [0.4, 0.5) is 0 Å². The highest BCUT2D eigenvalue weighted by atomic mass is 27.2. The monoisotopic (exact) mass is 159 g/mol. The molecule has 0 aromatic carbocycles. The molecule has 10 heavy (non-hydrogen) atoms.